The molecule has 1 atom stereocenters. The number of nitrogens with one attached hydrogen (secondary N) is 2. The minimum absolute atomic E-state index is 0. The molecule has 0 amide bonds. The summed E-state index contributed by atoms with van der Waals surface area (Å²) in [6.45, 7) is 8.80. The van der Waals surface area contributed by atoms with E-state index in [1.807, 2.05) is 0 Å². The Morgan fingerprint density at radius 3 is 2.65 bits per heavy atom. The number of halogens is 1. The number of rotatable bonds is 13. The monoisotopic (exact) mass is 441 g/mol. The van der Waals surface area contributed by atoms with Crippen LogP contribution in [0.5, 0.6) is 0 Å². The number of hydrogen-bond acceptors (Lipinski definition) is 3. The lowest BCUT2D eigenvalue weighted by Gasteiger charge is -2.15. The number of hydrogen-bond donors (Lipinski definition) is 3. The Labute approximate surface area is 159 Å². The van der Waals surface area contributed by atoms with Crippen LogP contribution in [-0.4, -0.2) is 50.5 Å². The molecular weight excluding hydrogens is 405 g/mol. The molecule has 1 saturated carbocycles. The van der Waals surface area contributed by atoms with E-state index in [4.69, 9.17) is 9.84 Å². The van der Waals surface area contributed by atoms with E-state index < -0.39 is 0 Å². The number of aliphatic hydroxyl groups excluding tert-OH is 1. The van der Waals surface area contributed by atoms with Crippen molar-refractivity contribution in [3.05, 3.63) is 0 Å². The van der Waals surface area contributed by atoms with Gasteiger partial charge in [-0.05, 0) is 50.9 Å². The van der Waals surface area contributed by atoms with Gasteiger partial charge in [-0.3, -0.25) is 4.99 Å². The molecule has 5 nitrogen and oxygen atoms in total. The van der Waals surface area contributed by atoms with Gasteiger partial charge in [-0.25, -0.2) is 0 Å². The highest BCUT2D eigenvalue weighted by Crippen LogP contribution is 2.28. The third kappa shape index (κ3) is 12.9. The van der Waals surface area contributed by atoms with Gasteiger partial charge in [0.05, 0.1) is 0 Å². The Morgan fingerprint density at radius 1 is 1.26 bits per heavy atom. The van der Waals surface area contributed by atoms with Crippen molar-refractivity contribution in [1.82, 2.24) is 10.6 Å². The molecule has 0 saturated heterocycles. The lowest BCUT2D eigenvalue weighted by molar-refractivity contribution is 0.123. The van der Waals surface area contributed by atoms with Crippen LogP contribution in [0.2, 0.25) is 0 Å². The molecule has 1 aliphatic carbocycles. The predicted octanol–water partition coefficient (Wildman–Crippen LogP) is 2.77. The third-order valence-electron chi connectivity index (χ3n) is 3.89. The van der Waals surface area contributed by atoms with Crippen LogP contribution in [0.4, 0.5) is 0 Å². The van der Waals surface area contributed by atoms with Gasteiger partial charge < -0.3 is 20.5 Å². The molecule has 138 valence electrons. The molecule has 0 aromatic heterocycles. The molecule has 0 radical (unpaired) electrons. The van der Waals surface area contributed by atoms with E-state index in [9.17, 15) is 0 Å². The topological polar surface area (TPSA) is 65.9 Å². The van der Waals surface area contributed by atoms with Crippen molar-refractivity contribution in [2.24, 2.45) is 16.8 Å². The Hall–Kier alpha value is -0.0800. The smallest absolute Gasteiger partial charge is 0.191 e. The molecular formula is C17H36IN3O2. The first-order valence-corrected chi connectivity index (χ1v) is 9.00. The molecule has 6 heteroatoms. The fourth-order valence-corrected chi connectivity index (χ4v) is 2.40. The molecule has 3 N–H and O–H groups in total. The molecule has 23 heavy (non-hydrogen) atoms. The van der Waals surface area contributed by atoms with Crippen molar-refractivity contribution < 1.29 is 9.84 Å². The summed E-state index contributed by atoms with van der Waals surface area (Å²) >= 11 is 0. The van der Waals surface area contributed by atoms with Crippen LogP contribution in [0.25, 0.3) is 0 Å². The fourth-order valence-electron chi connectivity index (χ4n) is 2.40. The van der Waals surface area contributed by atoms with Crippen molar-refractivity contribution >= 4 is 29.9 Å². The van der Waals surface area contributed by atoms with Gasteiger partial charge in [-0.1, -0.05) is 13.3 Å². The summed E-state index contributed by atoms with van der Waals surface area (Å²) in [7, 11) is 0. The van der Waals surface area contributed by atoms with E-state index in [1.54, 1.807) is 0 Å². The molecule has 0 aromatic rings. The number of ether oxygens (including phenoxy) is 1. The molecule has 0 aliphatic heterocycles. The van der Waals surface area contributed by atoms with Gasteiger partial charge in [0.1, 0.15) is 0 Å². The van der Waals surface area contributed by atoms with Gasteiger partial charge in [0.25, 0.3) is 0 Å². The summed E-state index contributed by atoms with van der Waals surface area (Å²) in [5.74, 6) is 2.20. The zero-order valence-corrected chi connectivity index (χ0v) is 17.2. The van der Waals surface area contributed by atoms with Crippen molar-refractivity contribution in [2.75, 3.05) is 39.5 Å². The van der Waals surface area contributed by atoms with Crippen molar-refractivity contribution in [2.45, 2.75) is 52.4 Å². The predicted molar refractivity (Wildman–Crippen MR) is 108 cm³/mol. The van der Waals surface area contributed by atoms with Gasteiger partial charge in [0, 0.05) is 39.5 Å². The number of aliphatic hydroxyl groups is 1. The van der Waals surface area contributed by atoms with E-state index in [-0.39, 0.29) is 30.6 Å². The highest BCUT2D eigenvalue weighted by Gasteiger charge is 2.20. The standard InChI is InChI=1S/C17H35N3O2.HI/c1-3-6-15(9-11-21)13-20-17(18-4-2)19-10-5-12-22-14-16-7-8-16;/h15-16,21H,3-14H2,1-2H3,(H2,18,19,20);1H. The summed E-state index contributed by atoms with van der Waals surface area (Å²) in [5.41, 5.74) is 0. The summed E-state index contributed by atoms with van der Waals surface area (Å²) in [4.78, 5) is 4.65. The molecule has 0 spiro atoms. The quantitative estimate of drug-likeness (QED) is 0.178. The molecule has 1 aliphatic rings. The SMILES string of the molecule is CCCC(CCO)CN=C(NCC)NCCCOCC1CC1.I. The number of nitrogens with zero attached hydrogens (tertiary/aromatic N) is 1. The van der Waals surface area contributed by atoms with E-state index in [0.29, 0.717) is 5.92 Å². The second kappa shape index (κ2) is 15.4. The summed E-state index contributed by atoms with van der Waals surface area (Å²) in [5, 5.41) is 15.7. The maximum Gasteiger partial charge on any atom is 0.191 e. The van der Waals surface area contributed by atoms with Crippen molar-refractivity contribution in [3.8, 4) is 0 Å². The molecule has 0 bridgehead atoms. The average Bonchev–Trinajstić information content (AvgIpc) is 3.32. The minimum atomic E-state index is 0. The normalized spacial score (nSPS) is 15.9. The number of aliphatic imine (C=N–C) groups is 1. The minimum Gasteiger partial charge on any atom is -0.396 e. The van der Waals surface area contributed by atoms with E-state index >= 15 is 0 Å². The second-order valence-electron chi connectivity index (χ2n) is 6.19. The van der Waals surface area contributed by atoms with Gasteiger partial charge in [0.15, 0.2) is 5.96 Å². The number of guanidine groups is 1. The van der Waals surface area contributed by atoms with Gasteiger partial charge in [-0.15, -0.1) is 24.0 Å². The first-order chi connectivity index (χ1) is 10.8. The first-order valence-electron chi connectivity index (χ1n) is 9.00. The largest absolute Gasteiger partial charge is 0.396 e. The van der Waals surface area contributed by atoms with Crippen LogP contribution in [-0.2, 0) is 4.74 Å². The van der Waals surface area contributed by atoms with E-state index in [2.05, 4.69) is 29.5 Å². The third-order valence-corrected chi connectivity index (χ3v) is 3.89. The van der Waals surface area contributed by atoms with Crippen molar-refractivity contribution in [1.29, 1.82) is 0 Å². The zero-order valence-electron chi connectivity index (χ0n) is 14.9. The lowest BCUT2D eigenvalue weighted by Crippen LogP contribution is -2.38. The first kappa shape index (κ1) is 22.9. The Morgan fingerprint density at radius 2 is 2.04 bits per heavy atom. The van der Waals surface area contributed by atoms with Crippen LogP contribution >= 0.6 is 24.0 Å². The van der Waals surface area contributed by atoms with Crippen LogP contribution in [0.1, 0.15) is 52.4 Å². The maximum absolute atomic E-state index is 9.11. The van der Waals surface area contributed by atoms with E-state index in [1.165, 1.54) is 12.8 Å². The molecule has 0 heterocycles. The molecule has 1 fully saturated rings. The molecule has 1 rings (SSSR count). The highest BCUT2D eigenvalue weighted by molar-refractivity contribution is 14.0. The van der Waals surface area contributed by atoms with Crippen LogP contribution in [0.3, 0.4) is 0 Å². The zero-order chi connectivity index (χ0) is 16.0. The molecule has 0 aromatic carbocycles. The van der Waals surface area contributed by atoms with Gasteiger partial charge in [0.2, 0.25) is 0 Å². The fraction of sp³-hybridized carbons (Fsp3) is 0.941. The Kier molecular flexibility index (Phi) is 15.4. The maximum atomic E-state index is 9.11. The van der Waals surface area contributed by atoms with Gasteiger partial charge >= 0.3 is 0 Å². The van der Waals surface area contributed by atoms with Gasteiger partial charge in [-0.2, -0.15) is 0 Å². The van der Waals surface area contributed by atoms with E-state index in [0.717, 1.165) is 70.4 Å². The summed E-state index contributed by atoms with van der Waals surface area (Å²) in [6, 6.07) is 0. The summed E-state index contributed by atoms with van der Waals surface area (Å²) in [6.07, 6.45) is 6.81. The molecule has 1 unspecified atom stereocenters. The Bertz CT molecular complexity index is 294. The summed E-state index contributed by atoms with van der Waals surface area (Å²) < 4.78 is 5.63. The Balaban J connectivity index is 0.00000484. The highest BCUT2D eigenvalue weighted by atomic mass is 127. The average molecular weight is 441 g/mol. The van der Waals surface area contributed by atoms with Crippen LogP contribution < -0.4 is 10.6 Å². The van der Waals surface area contributed by atoms with Crippen molar-refractivity contribution in [3.63, 3.8) is 0 Å². The second-order valence-corrected chi connectivity index (χ2v) is 6.19. The van der Waals surface area contributed by atoms with Crippen LogP contribution in [0, 0.1) is 11.8 Å². The van der Waals surface area contributed by atoms with Crippen LogP contribution in [0.15, 0.2) is 4.99 Å². The lowest BCUT2D eigenvalue weighted by atomic mass is 10.0.